The summed E-state index contributed by atoms with van der Waals surface area (Å²) in [6, 6.07) is 6.90. The van der Waals surface area contributed by atoms with Crippen molar-refractivity contribution in [2.75, 3.05) is 7.11 Å². The number of hydrogen-bond donors (Lipinski definition) is 0. The van der Waals surface area contributed by atoms with E-state index in [1.54, 1.807) is 24.3 Å². The van der Waals surface area contributed by atoms with Gasteiger partial charge in [-0.3, -0.25) is 4.79 Å². The number of carbonyl (C=O) groups is 1. The molecule has 70 valence electrons. The minimum Gasteiger partial charge on any atom is -0.468 e. The number of hydrogen-bond acceptors (Lipinski definition) is 2. The van der Waals surface area contributed by atoms with Gasteiger partial charge in [-0.2, -0.15) is 0 Å². The van der Waals surface area contributed by atoms with Crippen LogP contribution in [-0.4, -0.2) is 13.1 Å². The molecule has 1 rings (SSSR count). The first-order chi connectivity index (χ1) is 6.16. The Hall–Kier alpha value is -0.730. The largest absolute Gasteiger partial charge is 0.468 e. The summed E-state index contributed by atoms with van der Waals surface area (Å²) in [5.41, 5.74) is 0.567. The zero-order chi connectivity index (χ0) is 9.84. The maximum atomic E-state index is 11.1. The van der Waals surface area contributed by atoms with Crippen molar-refractivity contribution >= 4 is 29.2 Å². The van der Waals surface area contributed by atoms with Gasteiger partial charge in [-0.05, 0) is 11.6 Å². The summed E-state index contributed by atoms with van der Waals surface area (Å²) in [4.78, 5) is 11.1. The smallest absolute Gasteiger partial charge is 0.328 e. The van der Waals surface area contributed by atoms with Gasteiger partial charge in [0.15, 0.2) is 5.38 Å². The molecule has 0 spiro atoms. The summed E-state index contributed by atoms with van der Waals surface area (Å²) in [7, 11) is 1.29. The van der Waals surface area contributed by atoms with E-state index >= 15 is 0 Å². The topological polar surface area (TPSA) is 26.3 Å². The average Bonchev–Trinajstić information content (AvgIpc) is 2.16. The number of benzene rings is 1. The van der Waals surface area contributed by atoms with Crippen molar-refractivity contribution in [3.63, 3.8) is 0 Å². The summed E-state index contributed by atoms with van der Waals surface area (Å²) >= 11 is 11.6. The van der Waals surface area contributed by atoms with Crippen molar-refractivity contribution in [3.8, 4) is 0 Å². The van der Waals surface area contributed by atoms with Crippen molar-refractivity contribution < 1.29 is 9.53 Å². The highest BCUT2D eigenvalue weighted by molar-refractivity contribution is 6.35. The third-order valence-electron chi connectivity index (χ3n) is 1.59. The first kappa shape index (κ1) is 10.4. The minimum absolute atomic E-state index is 0.466. The summed E-state index contributed by atoms with van der Waals surface area (Å²) < 4.78 is 4.49. The maximum absolute atomic E-state index is 11.1. The highest BCUT2D eigenvalue weighted by Crippen LogP contribution is 2.28. The number of esters is 1. The van der Waals surface area contributed by atoms with Crippen molar-refractivity contribution in [3.05, 3.63) is 34.9 Å². The van der Waals surface area contributed by atoms with Crippen LogP contribution in [0.5, 0.6) is 0 Å². The van der Waals surface area contributed by atoms with Crippen molar-refractivity contribution in [2.24, 2.45) is 0 Å². The van der Waals surface area contributed by atoms with E-state index in [0.717, 1.165) is 0 Å². The van der Waals surface area contributed by atoms with Gasteiger partial charge in [-0.25, -0.2) is 0 Å². The van der Waals surface area contributed by atoms with Crippen LogP contribution >= 0.6 is 23.2 Å². The molecule has 13 heavy (non-hydrogen) atoms. The Kier molecular flexibility index (Phi) is 3.58. The molecule has 1 aromatic carbocycles. The number of halogens is 2. The molecule has 1 aromatic rings. The highest BCUT2D eigenvalue weighted by atomic mass is 35.5. The third-order valence-corrected chi connectivity index (χ3v) is 2.34. The summed E-state index contributed by atoms with van der Waals surface area (Å²) in [5.74, 6) is -0.505. The van der Waals surface area contributed by atoms with Gasteiger partial charge in [-0.1, -0.05) is 29.8 Å². The second kappa shape index (κ2) is 4.49. The summed E-state index contributed by atoms with van der Waals surface area (Å²) in [6.45, 7) is 0. The molecule has 0 aliphatic heterocycles. The number of carbonyl (C=O) groups excluding carboxylic acids is 1. The van der Waals surface area contributed by atoms with E-state index in [1.165, 1.54) is 7.11 Å². The molecule has 0 unspecified atom stereocenters. The van der Waals surface area contributed by atoms with Crippen LogP contribution in [0, 0.1) is 0 Å². The van der Waals surface area contributed by atoms with Crippen LogP contribution in [-0.2, 0) is 9.53 Å². The molecule has 0 aliphatic carbocycles. The zero-order valence-electron chi connectivity index (χ0n) is 6.96. The van der Waals surface area contributed by atoms with E-state index in [-0.39, 0.29) is 0 Å². The number of rotatable bonds is 2. The fourth-order valence-electron chi connectivity index (χ4n) is 0.911. The standard InChI is InChI=1S/C9H8Cl2O2/c1-13-9(12)8(11)6-4-2-3-5-7(6)10/h2-5,8H,1H3/t8-/m1/s1. The van der Waals surface area contributed by atoms with E-state index in [2.05, 4.69) is 4.74 Å². The second-order valence-corrected chi connectivity index (χ2v) is 3.25. The predicted molar refractivity (Wildman–Crippen MR) is 52.1 cm³/mol. The Bertz CT molecular complexity index is 312. The van der Waals surface area contributed by atoms with E-state index in [4.69, 9.17) is 23.2 Å². The normalized spacial score (nSPS) is 12.2. The summed E-state index contributed by atoms with van der Waals surface area (Å²) in [6.07, 6.45) is 0. The minimum atomic E-state index is -0.835. The highest BCUT2D eigenvalue weighted by Gasteiger charge is 2.19. The molecule has 0 aliphatic rings. The fraction of sp³-hybridized carbons (Fsp3) is 0.222. The van der Waals surface area contributed by atoms with Crippen molar-refractivity contribution in [1.82, 2.24) is 0 Å². The molecule has 0 saturated heterocycles. The van der Waals surface area contributed by atoms with Crippen molar-refractivity contribution in [1.29, 1.82) is 0 Å². The van der Waals surface area contributed by atoms with Gasteiger partial charge < -0.3 is 4.74 Å². The van der Waals surface area contributed by atoms with Crippen LogP contribution in [0.4, 0.5) is 0 Å². The Balaban J connectivity index is 2.95. The molecule has 0 N–H and O–H groups in total. The number of methoxy groups -OCH3 is 1. The molecule has 2 nitrogen and oxygen atoms in total. The van der Waals surface area contributed by atoms with Gasteiger partial charge >= 0.3 is 5.97 Å². The van der Waals surface area contributed by atoms with Gasteiger partial charge in [0.1, 0.15) is 0 Å². The SMILES string of the molecule is COC(=O)[C@H](Cl)c1ccccc1Cl. The molecule has 0 aromatic heterocycles. The van der Waals surface area contributed by atoms with Crippen LogP contribution in [0.25, 0.3) is 0 Å². The molecule has 0 radical (unpaired) electrons. The lowest BCUT2D eigenvalue weighted by Crippen LogP contribution is -2.08. The molecule has 1 atom stereocenters. The van der Waals surface area contributed by atoms with E-state index < -0.39 is 11.3 Å². The fourth-order valence-corrected chi connectivity index (χ4v) is 1.49. The lowest BCUT2D eigenvalue weighted by atomic mass is 10.1. The first-order valence-electron chi connectivity index (χ1n) is 3.63. The van der Waals surface area contributed by atoms with Crippen LogP contribution < -0.4 is 0 Å². The Morgan fingerprint density at radius 2 is 2.08 bits per heavy atom. The molecule has 0 fully saturated rings. The van der Waals surface area contributed by atoms with E-state index in [1.807, 2.05) is 0 Å². The number of ether oxygens (including phenoxy) is 1. The van der Waals surface area contributed by atoms with Gasteiger partial charge in [0.2, 0.25) is 0 Å². The van der Waals surface area contributed by atoms with Crippen molar-refractivity contribution in [2.45, 2.75) is 5.38 Å². The predicted octanol–water partition coefficient (Wildman–Crippen LogP) is 2.79. The Labute approximate surface area is 86.4 Å². The Morgan fingerprint density at radius 1 is 1.46 bits per heavy atom. The third kappa shape index (κ3) is 2.36. The van der Waals surface area contributed by atoms with Gasteiger partial charge in [-0.15, -0.1) is 11.6 Å². The lowest BCUT2D eigenvalue weighted by molar-refractivity contribution is -0.140. The lowest BCUT2D eigenvalue weighted by Gasteiger charge is -2.08. The molecule has 4 heteroatoms. The van der Waals surface area contributed by atoms with Crippen LogP contribution in [0.1, 0.15) is 10.9 Å². The molecule has 0 bridgehead atoms. The zero-order valence-corrected chi connectivity index (χ0v) is 8.47. The second-order valence-electron chi connectivity index (χ2n) is 2.41. The first-order valence-corrected chi connectivity index (χ1v) is 4.44. The quantitative estimate of drug-likeness (QED) is 0.564. The van der Waals surface area contributed by atoms with Gasteiger partial charge in [0.25, 0.3) is 0 Å². The molecule has 0 saturated carbocycles. The summed E-state index contributed by atoms with van der Waals surface area (Å²) in [5, 5.41) is -0.369. The maximum Gasteiger partial charge on any atom is 0.328 e. The molecule has 0 amide bonds. The van der Waals surface area contributed by atoms with Gasteiger partial charge in [0, 0.05) is 5.02 Å². The van der Waals surface area contributed by atoms with Crippen LogP contribution in [0.2, 0.25) is 5.02 Å². The molecule has 0 heterocycles. The van der Waals surface area contributed by atoms with E-state index in [0.29, 0.717) is 10.6 Å². The Morgan fingerprint density at radius 3 is 2.62 bits per heavy atom. The van der Waals surface area contributed by atoms with Crippen LogP contribution in [0.15, 0.2) is 24.3 Å². The van der Waals surface area contributed by atoms with Gasteiger partial charge in [0.05, 0.1) is 7.11 Å². The number of alkyl halides is 1. The van der Waals surface area contributed by atoms with E-state index in [9.17, 15) is 4.79 Å². The monoisotopic (exact) mass is 218 g/mol. The van der Waals surface area contributed by atoms with Crippen LogP contribution in [0.3, 0.4) is 0 Å². The molecular formula is C9H8Cl2O2. The average molecular weight is 219 g/mol. The molecular weight excluding hydrogens is 211 g/mol.